The van der Waals surface area contributed by atoms with E-state index >= 15 is 0 Å². The summed E-state index contributed by atoms with van der Waals surface area (Å²) in [4.78, 5) is 0. The molecule has 0 aliphatic heterocycles. The van der Waals surface area contributed by atoms with Gasteiger partial charge in [0.1, 0.15) is 5.82 Å². The van der Waals surface area contributed by atoms with Gasteiger partial charge in [-0.05, 0) is 30.5 Å². The van der Waals surface area contributed by atoms with Gasteiger partial charge in [0.15, 0.2) is 0 Å². The SMILES string of the molecule is Cn1ccc2c(F)c(C3(CN)CCCCC3)ccc21. The van der Waals surface area contributed by atoms with E-state index in [0.717, 1.165) is 42.1 Å². The first-order valence-electron chi connectivity index (χ1n) is 7.12. The van der Waals surface area contributed by atoms with Gasteiger partial charge in [0.2, 0.25) is 0 Å². The van der Waals surface area contributed by atoms with Gasteiger partial charge in [0.25, 0.3) is 0 Å². The van der Waals surface area contributed by atoms with Gasteiger partial charge >= 0.3 is 0 Å². The third kappa shape index (κ3) is 1.88. The molecule has 1 aliphatic rings. The highest BCUT2D eigenvalue weighted by Crippen LogP contribution is 2.41. The van der Waals surface area contributed by atoms with Crippen LogP contribution in [-0.2, 0) is 12.5 Å². The molecule has 1 aromatic carbocycles. The number of hydrogen-bond donors (Lipinski definition) is 1. The second kappa shape index (κ2) is 4.64. The molecule has 3 rings (SSSR count). The fourth-order valence-electron chi connectivity index (χ4n) is 3.54. The van der Waals surface area contributed by atoms with Crippen molar-refractivity contribution in [1.82, 2.24) is 4.57 Å². The Morgan fingerprint density at radius 3 is 2.63 bits per heavy atom. The van der Waals surface area contributed by atoms with E-state index in [9.17, 15) is 4.39 Å². The second-order valence-corrected chi connectivity index (χ2v) is 5.83. The number of benzene rings is 1. The van der Waals surface area contributed by atoms with Gasteiger partial charge in [-0.3, -0.25) is 0 Å². The molecule has 2 N–H and O–H groups in total. The first-order chi connectivity index (χ1) is 9.18. The van der Waals surface area contributed by atoms with Crippen LogP contribution < -0.4 is 5.73 Å². The van der Waals surface area contributed by atoms with Crippen molar-refractivity contribution in [2.24, 2.45) is 12.8 Å². The summed E-state index contributed by atoms with van der Waals surface area (Å²) in [6.45, 7) is 0.544. The monoisotopic (exact) mass is 260 g/mol. The maximum absolute atomic E-state index is 14.8. The molecule has 0 unspecified atom stereocenters. The van der Waals surface area contributed by atoms with Crippen molar-refractivity contribution >= 4 is 10.9 Å². The molecule has 1 heterocycles. The molecule has 1 aromatic heterocycles. The van der Waals surface area contributed by atoms with Crippen LogP contribution >= 0.6 is 0 Å². The molecule has 0 amide bonds. The van der Waals surface area contributed by atoms with Crippen LogP contribution in [0.5, 0.6) is 0 Å². The van der Waals surface area contributed by atoms with E-state index in [1.165, 1.54) is 6.42 Å². The Bertz CT molecular complexity index is 594. The van der Waals surface area contributed by atoms with Crippen molar-refractivity contribution in [2.45, 2.75) is 37.5 Å². The van der Waals surface area contributed by atoms with Gasteiger partial charge in [-0.1, -0.05) is 25.3 Å². The van der Waals surface area contributed by atoms with Gasteiger partial charge in [0, 0.05) is 30.6 Å². The number of halogens is 1. The molecule has 0 atom stereocenters. The molecule has 0 spiro atoms. The maximum Gasteiger partial charge on any atom is 0.136 e. The highest BCUT2D eigenvalue weighted by Gasteiger charge is 2.35. The first kappa shape index (κ1) is 12.7. The predicted octanol–water partition coefficient (Wildman–Crippen LogP) is 3.48. The van der Waals surface area contributed by atoms with Crippen LogP contribution in [0.15, 0.2) is 24.4 Å². The number of aryl methyl sites for hydroxylation is 1. The van der Waals surface area contributed by atoms with Crippen LogP contribution in [0.25, 0.3) is 10.9 Å². The van der Waals surface area contributed by atoms with E-state index < -0.39 is 0 Å². The van der Waals surface area contributed by atoms with Gasteiger partial charge in [0.05, 0.1) is 5.52 Å². The summed E-state index contributed by atoms with van der Waals surface area (Å²) >= 11 is 0. The lowest BCUT2D eigenvalue weighted by Crippen LogP contribution is -2.38. The van der Waals surface area contributed by atoms with Crippen LogP contribution in [0, 0.1) is 5.82 Å². The van der Waals surface area contributed by atoms with E-state index in [4.69, 9.17) is 5.73 Å². The third-order valence-corrected chi connectivity index (χ3v) is 4.77. The topological polar surface area (TPSA) is 30.9 Å². The summed E-state index contributed by atoms with van der Waals surface area (Å²) in [7, 11) is 1.95. The first-order valence-corrected chi connectivity index (χ1v) is 7.12. The highest BCUT2D eigenvalue weighted by molar-refractivity contribution is 5.82. The quantitative estimate of drug-likeness (QED) is 0.880. The van der Waals surface area contributed by atoms with E-state index in [1.54, 1.807) is 0 Å². The molecule has 0 radical (unpaired) electrons. The lowest BCUT2D eigenvalue weighted by atomic mass is 9.69. The van der Waals surface area contributed by atoms with Crippen molar-refractivity contribution in [3.63, 3.8) is 0 Å². The van der Waals surface area contributed by atoms with Crippen molar-refractivity contribution < 1.29 is 4.39 Å². The summed E-state index contributed by atoms with van der Waals surface area (Å²) in [5, 5.41) is 0.721. The van der Waals surface area contributed by atoms with Gasteiger partial charge in [-0.2, -0.15) is 0 Å². The number of aromatic nitrogens is 1. The smallest absolute Gasteiger partial charge is 0.136 e. The van der Waals surface area contributed by atoms with E-state index in [0.29, 0.717) is 6.54 Å². The average Bonchev–Trinajstić information content (AvgIpc) is 2.83. The molecule has 1 aliphatic carbocycles. The fourth-order valence-corrected chi connectivity index (χ4v) is 3.54. The zero-order chi connectivity index (χ0) is 13.5. The Hall–Kier alpha value is -1.35. The summed E-state index contributed by atoms with van der Waals surface area (Å²) < 4.78 is 16.8. The lowest BCUT2D eigenvalue weighted by Gasteiger charge is -2.37. The minimum Gasteiger partial charge on any atom is -0.350 e. The van der Waals surface area contributed by atoms with Crippen molar-refractivity contribution in [3.8, 4) is 0 Å². The minimum absolute atomic E-state index is 0.0644. The maximum atomic E-state index is 14.8. The fraction of sp³-hybridized carbons (Fsp3) is 0.500. The van der Waals surface area contributed by atoms with Crippen molar-refractivity contribution in [2.75, 3.05) is 6.54 Å². The van der Waals surface area contributed by atoms with Crippen LogP contribution in [0.2, 0.25) is 0 Å². The number of fused-ring (bicyclic) bond motifs is 1. The Labute approximate surface area is 113 Å². The predicted molar refractivity (Wildman–Crippen MR) is 76.7 cm³/mol. The van der Waals surface area contributed by atoms with E-state index in [2.05, 4.69) is 0 Å². The van der Waals surface area contributed by atoms with E-state index in [-0.39, 0.29) is 11.2 Å². The Morgan fingerprint density at radius 1 is 1.21 bits per heavy atom. The summed E-state index contributed by atoms with van der Waals surface area (Å²) in [6.07, 6.45) is 7.49. The van der Waals surface area contributed by atoms with Gasteiger partial charge in [-0.25, -0.2) is 4.39 Å². The molecule has 2 nitrogen and oxygen atoms in total. The normalized spacial score (nSPS) is 18.9. The van der Waals surface area contributed by atoms with Crippen molar-refractivity contribution in [3.05, 3.63) is 35.8 Å². The van der Waals surface area contributed by atoms with E-state index in [1.807, 2.05) is 36.0 Å². The summed E-state index contributed by atoms with van der Waals surface area (Å²) in [6, 6.07) is 5.84. The van der Waals surface area contributed by atoms with Crippen molar-refractivity contribution in [1.29, 1.82) is 0 Å². The Morgan fingerprint density at radius 2 is 1.95 bits per heavy atom. The molecule has 102 valence electrons. The number of nitrogens with two attached hydrogens (primary N) is 1. The van der Waals surface area contributed by atoms with Gasteiger partial charge < -0.3 is 10.3 Å². The minimum atomic E-state index is -0.146. The average molecular weight is 260 g/mol. The van der Waals surface area contributed by atoms with Crippen LogP contribution in [0.1, 0.15) is 37.7 Å². The Kier molecular flexibility index (Phi) is 3.09. The molecular weight excluding hydrogens is 239 g/mol. The standard InChI is InChI=1S/C16H21FN2/c1-19-10-7-12-14(19)6-5-13(15(12)17)16(11-18)8-3-2-4-9-16/h5-7,10H,2-4,8-9,11,18H2,1H3. The zero-order valence-electron chi connectivity index (χ0n) is 11.5. The largest absolute Gasteiger partial charge is 0.350 e. The van der Waals surface area contributed by atoms with Crippen LogP contribution in [-0.4, -0.2) is 11.1 Å². The van der Waals surface area contributed by atoms with Crippen LogP contribution in [0.3, 0.4) is 0 Å². The molecule has 2 aromatic rings. The molecule has 3 heteroatoms. The molecule has 1 fully saturated rings. The third-order valence-electron chi connectivity index (χ3n) is 4.77. The molecule has 0 bridgehead atoms. The molecular formula is C16H21FN2. The molecule has 19 heavy (non-hydrogen) atoms. The number of rotatable bonds is 2. The zero-order valence-corrected chi connectivity index (χ0v) is 11.5. The Balaban J connectivity index is 2.16. The summed E-state index contributed by atoms with van der Waals surface area (Å²) in [5.41, 5.74) is 7.65. The highest BCUT2D eigenvalue weighted by atomic mass is 19.1. The number of hydrogen-bond acceptors (Lipinski definition) is 1. The molecule has 0 saturated heterocycles. The lowest BCUT2D eigenvalue weighted by molar-refractivity contribution is 0.292. The number of nitrogens with zero attached hydrogens (tertiary/aromatic N) is 1. The second-order valence-electron chi connectivity index (χ2n) is 5.83. The molecule has 1 saturated carbocycles. The summed E-state index contributed by atoms with van der Waals surface area (Å²) in [5.74, 6) is -0.0644. The van der Waals surface area contributed by atoms with Gasteiger partial charge in [-0.15, -0.1) is 0 Å². The van der Waals surface area contributed by atoms with Crippen LogP contribution in [0.4, 0.5) is 4.39 Å².